The zero-order valence-corrected chi connectivity index (χ0v) is 13.1. The van der Waals surface area contributed by atoms with Crippen LogP contribution in [0.25, 0.3) is 11.2 Å². The lowest BCUT2D eigenvalue weighted by Crippen LogP contribution is -2.24. The number of hydrogen-bond donors (Lipinski definition) is 0. The summed E-state index contributed by atoms with van der Waals surface area (Å²) in [5.74, 6) is 2.38. The fourth-order valence-corrected chi connectivity index (χ4v) is 3.09. The highest BCUT2D eigenvalue weighted by Gasteiger charge is 2.26. The summed E-state index contributed by atoms with van der Waals surface area (Å²) in [6.07, 6.45) is 6.43. The van der Waals surface area contributed by atoms with Crippen LogP contribution in [0.4, 0.5) is 5.95 Å². The van der Waals surface area contributed by atoms with E-state index >= 15 is 0 Å². The van der Waals surface area contributed by atoms with Crippen molar-refractivity contribution in [3.63, 3.8) is 0 Å². The monoisotopic (exact) mass is 309 g/mol. The van der Waals surface area contributed by atoms with Gasteiger partial charge in [0.25, 0.3) is 0 Å². The van der Waals surface area contributed by atoms with Gasteiger partial charge in [0.15, 0.2) is 5.65 Å². The molecule has 6 heteroatoms. The molecule has 118 valence electrons. The van der Waals surface area contributed by atoms with Crippen LogP contribution in [-0.4, -0.2) is 39.2 Å². The Morgan fingerprint density at radius 2 is 2.09 bits per heavy atom. The van der Waals surface area contributed by atoms with Crippen molar-refractivity contribution in [2.45, 2.75) is 6.42 Å². The van der Waals surface area contributed by atoms with E-state index in [1.807, 2.05) is 37.5 Å². The fraction of sp³-hybridized carbons (Fsp3) is 0.353. The Labute approximate surface area is 134 Å². The van der Waals surface area contributed by atoms with Gasteiger partial charge in [-0.25, -0.2) is 9.97 Å². The standard InChI is InChI=1S/C17H19N5O/c1-21-16-15(3-2-7-19-16)20-17(21)22-10-6-13(11-22)12-23-14-4-8-18-9-5-14/h2-5,7-9,13H,6,10-12H2,1H3. The van der Waals surface area contributed by atoms with Crippen LogP contribution in [0.2, 0.25) is 0 Å². The number of fused-ring (bicyclic) bond motifs is 1. The highest BCUT2D eigenvalue weighted by molar-refractivity contribution is 5.74. The van der Waals surface area contributed by atoms with Crippen LogP contribution in [0.5, 0.6) is 5.75 Å². The number of hydrogen-bond acceptors (Lipinski definition) is 5. The molecule has 0 aliphatic carbocycles. The van der Waals surface area contributed by atoms with Gasteiger partial charge in [0.1, 0.15) is 11.3 Å². The van der Waals surface area contributed by atoms with Gasteiger partial charge in [-0.1, -0.05) is 0 Å². The van der Waals surface area contributed by atoms with E-state index < -0.39 is 0 Å². The first-order chi connectivity index (χ1) is 11.3. The third-order valence-electron chi connectivity index (χ3n) is 4.31. The number of imidazole rings is 1. The molecule has 1 aliphatic heterocycles. The Kier molecular flexibility index (Phi) is 3.57. The lowest BCUT2D eigenvalue weighted by molar-refractivity contribution is 0.261. The minimum absolute atomic E-state index is 0.510. The zero-order valence-electron chi connectivity index (χ0n) is 13.1. The van der Waals surface area contributed by atoms with Gasteiger partial charge >= 0.3 is 0 Å². The zero-order chi connectivity index (χ0) is 15.6. The molecule has 0 bridgehead atoms. The van der Waals surface area contributed by atoms with Crippen molar-refractivity contribution in [2.24, 2.45) is 13.0 Å². The summed E-state index contributed by atoms with van der Waals surface area (Å²) < 4.78 is 7.93. The number of rotatable bonds is 4. The van der Waals surface area contributed by atoms with Crippen molar-refractivity contribution in [1.29, 1.82) is 0 Å². The molecule has 23 heavy (non-hydrogen) atoms. The number of aromatic nitrogens is 4. The highest BCUT2D eigenvalue weighted by Crippen LogP contribution is 2.26. The van der Waals surface area contributed by atoms with Crippen LogP contribution in [0.1, 0.15) is 6.42 Å². The van der Waals surface area contributed by atoms with Crippen molar-refractivity contribution in [3.05, 3.63) is 42.9 Å². The summed E-state index contributed by atoms with van der Waals surface area (Å²) in [5, 5.41) is 0. The van der Waals surface area contributed by atoms with Crippen molar-refractivity contribution in [1.82, 2.24) is 19.5 Å². The summed E-state index contributed by atoms with van der Waals surface area (Å²) in [6, 6.07) is 7.72. The molecule has 1 atom stereocenters. The Hall–Kier alpha value is -2.63. The number of anilines is 1. The smallest absolute Gasteiger partial charge is 0.207 e. The molecule has 0 N–H and O–H groups in total. The molecule has 0 radical (unpaired) electrons. The summed E-state index contributed by atoms with van der Waals surface area (Å²) in [6.45, 7) is 2.69. The lowest BCUT2D eigenvalue weighted by atomic mass is 10.1. The molecule has 6 nitrogen and oxygen atoms in total. The Bertz CT molecular complexity index is 801. The van der Waals surface area contributed by atoms with Gasteiger partial charge in [-0.15, -0.1) is 0 Å². The predicted molar refractivity (Wildman–Crippen MR) is 88.6 cm³/mol. The van der Waals surface area contributed by atoms with Gasteiger partial charge < -0.3 is 9.64 Å². The molecule has 1 fully saturated rings. The third kappa shape index (κ3) is 2.72. The molecular weight excluding hydrogens is 290 g/mol. The summed E-state index contributed by atoms with van der Waals surface area (Å²) in [5.41, 5.74) is 1.88. The maximum atomic E-state index is 5.86. The van der Waals surface area contributed by atoms with E-state index in [2.05, 4.69) is 19.4 Å². The molecule has 4 rings (SSSR count). The second-order valence-corrected chi connectivity index (χ2v) is 5.91. The van der Waals surface area contributed by atoms with Gasteiger partial charge in [0.05, 0.1) is 6.61 Å². The number of pyridine rings is 2. The summed E-state index contributed by atoms with van der Waals surface area (Å²) in [4.78, 5) is 15.5. The van der Waals surface area contributed by atoms with E-state index in [0.29, 0.717) is 5.92 Å². The van der Waals surface area contributed by atoms with Crippen molar-refractivity contribution >= 4 is 17.1 Å². The molecule has 4 heterocycles. The van der Waals surface area contributed by atoms with Crippen LogP contribution < -0.4 is 9.64 Å². The molecule has 3 aromatic heterocycles. The van der Waals surface area contributed by atoms with E-state index in [1.54, 1.807) is 12.4 Å². The SMILES string of the molecule is Cn1c(N2CCC(COc3ccncc3)C2)nc2cccnc21. The third-order valence-corrected chi connectivity index (χ3v) is 4.31. The molecule has 1 saturated heterocycles. The van der Waals surface area contributed by atoms with E-state index in [1.165, 1.54) is 0 Å². The van der Waals surface area contributed by atoms with Gasteiger partial charge in [0.2, 0.25) is 5.95 Å². The van der Waals surface area contributed by atoms with Crippen LogP contribution in [0, 0.1) is 5.92 Å². The summed E-state index contributed by atoms with van der Waals surface area (Å²) in [7, 11) is 2.03. The van der Waals surface area contributed by atoms with Crippen molar-refractivity contribution in [3.8, 4) is 5.75 Å². The van der Waals surface area contributed by atoms with E-state index in [9.17, 15) is 0 Å². The second kappa shape index (κ2) is 5.87. The fourth-order valence-electron chi connectivity index (χ4n) is 3.09. The van der Waals surface area contributed by atoms with Crippen LogP contribution in [-0.2, 0) is 7.05 Å². The largest absolute Gasteiger partial charge is 0.493 e. The molecule has 3 aromatic rings. The average molecular weight is 309 g/mol. The lowest BCUT2D eigenvalue weighted by Gasteiger charge is -2.17. The average Bonchev–Trinajstić information content (AvgIpc) is 3.19. The highest BCUT2D eigenvalue weighted by atomic mass is 16.5. The Morgan fingerprint density at radius 3 is 2.91 bits per heavy atom. The van der Waals surface area contributed by atoms with E-state index in [4.69, 9.17) is 9.72 Å². The quantitative estimate of drug-likeness (QED) is 0.740. The van der Waals surface area contributed by atoms with Crippen LogP contribution >= 0.6 is 0 Å². The number of ether oxygens (including phenoxy) is 1. The first-order valence-electron chi connectivity index (χ1n) is 7.86. The van der Waals surface area contributed by atoms with Crippen LogP contribution in [0.15, 0.2) is 42.9 Å². The van der Waals surface area contributed by atoms with E-state index in [-0.39, 0.29) is 0 Å². The van der Waals surface area contributed by atoms with Gasteiger partial charge in [-0.3, -0.25) is 9.55 Å². The maximum Gasteiger partial charge on any atom is 0.207 e. The maximum absolute atomic E-state index is 5.86. The summed E-state index contributed by atoms with van der Waals surface area (Å²) >= 11 is 0. The predicted octanol–water partition coefficient (Wildman–Crippen LogP) is 2.27. The first-order valence-corrected chi connectivity index (χ1v) is 7.86. The number of aryl methyl sites for hydroxylation is 1. The molecule has 1 aliphatic rings. The normalized spacial score (nSPS) is 17.8. The molecular formula is C17H19N5O. The first kappa shape index (κ1) is 14.0. The molecule has 0 saturated carbocycles. The molecule has 0 spiro atoms. The topological polar surface area (TPSA) is 56.1 Å². The van der Waals surface area contributed by atoms with Gasteiger partial charge in [-0.2, -0.15) is 0 Å². The minimum Gasteiger partial charge on any atom is -0.493 e. The Morgan fingerprint density at radius 1 is 1.22 bits per heavy atom. The molecule has 1 unspecified atom stereocenters. The second-order valence-electron chi connectivity index (χ2n) is 5.91. The van der Waals surface area contributed by atoms with Crippen molar-refractivity contribution in [2.75, 3.05) is 24.6 Å². The van der Waals surface area contributed by atoms with E-state index in [0.717, 1.165) is 49.0 Å². The molecule has 0 amide bonds. The minimum atomic E-state index is 0.510. The molecule has 0 aromatic carbocycles. The van der Waals surface area contributed by atoms with Gasteiger partial charge in [0, 0.05) is 44.6 Å². The van der Waals surface area contributed by atoms with Crippen LogP contribution in [0.3, 0.4) is 0 Å². The van der Waals surface area contributed by atoms with Crippen molar-refractivity contribution < 1.29 is 4.74 Å². The number of nitrogens with zero attached hydrogens (tertiary/aromatic N) is 5. The Balaban J connectivity index is 1.44. The van der Waals surface area contributed by atoms with Gasteiger partial charge in [-0.05, 0) is 30.7 Å².